The summed E-state index contributed by atoms with van der Waals surface area (Å²) in [5.41, 5.74) is -0.480. The number of hydrogen-bond acceptors (Lipinski definition) is 4. The molecule has 1 fully saturated rings. The van der Waals surface area contributed by atoms with E-state index >= 15 is 0 Å². The quantitative estimate of drug-likeness (QED) is 0.814. The Hall–Kier alpha value is -1.49. The van der Waals surface area contributed by atoms with Crippen LogP contribution in [0.15, 0.2) is 23.1 Å². The van der Waals surface area contributed by atoms with Gasteiger partial charge in [-0.2, -0.15) is 5.26 Å². The van der Waals surface area contributed by atoms with E-state index in [-0.39, 0.29) is 11.4 Å². The molecule has 96 valence electrons. The van der Waals surface area contributed by atoms with E-state index in [1.54, 1.807) is 6.07 Å². The Labute approximate surface area is 104 Å². The third-order valence-corrected chi connectivity index (χ3v) is 4.32. The lowest BCUT2D eigenvalue weighted by atomic mass is 10.2. The van der Waals surface area contributed by atoms with Crippen molar-refractivity contribution in [2.75, 3.05) is 13.2 Å². The SMILES string of the molecule is N#Cc1c(F)cccc1S(=O)(=O)N1CCCCO1. The molecular formula is C11H11FN2O3S. The van der Waals surface area contributed by atoms with Crippen molar-refractivity contribution in [1.29, 1.82) is 5.26 Å². The normalized spacial score (nSPS) is 17.3. The minimum Gasteiger partial charge on any atom is -0.284 e. The number of hydroxylamine groups is 1. The van der Waals surface area contributed by atoms with E-state index in [1.807, 2.05) is 0 Å². The second-order valence-corrected chi connectivity index (χ2v) is 5.59. The van der Waals surface area contributed by atoms with Crippen LogP contribution in [0, 0.1) is 17.1 Å². The third kappa shape index (κ3) is 2.22. The zero-order valence-corrected chi connectivity index (χ0v) is 10.3. The Morgan fingerprint density at radius 2 is 2.17 bits per heavy atom. The number of nitriles is 1. The van der Waals surface area contributed by atoms with Crippen LogP contribution in [0.4, 0.5) is 4.39 Å². The van der Waals surface area contributed by atoms with Gasteiger partial charge in [-0.15, -0.1) is 0 Å². The van der Waals surface area contributed by atoms with Crippen LogP contribution in [0.1, 0.15) is 18.4 Å². The van der Waals surface area contributed by atoms with Crippen LogP contribution in [0.25, 0.3) is 0 Å². The molecule has 0 saturated carbocycles. The molecule has 1 aromatic rings. The van der Waals surface area contributed by atoms with Gasteiger partial charge in [0.15, 0.2) is 0 Å². The summed E-state index contributed by atoms with van der Waals surface area (Å²) in [4.78, 5) is 4.70. The van der Waals surface area contributed by atoms with Gasteiger partial charge in [-0.25, -0.2) is 12.8 Å². The predicted molar refractivity (Wildman–Crippen MR) is 60.2 cm³/mol. The molecule has 7 heteroatoms. The average molecular weight is 270 g/mol. The topological polar surface area (TPSA) is 70.4 Å². The minimum absolute atomic E-state index is 0.212. The van der Waals surface area contributed by atoms with Gasteiger partial charge in [-0.1, -0.05) is 10.5 Å². The first-order valence-corrected chi connectivity index (χ1v) is 6.85. The maximum Gasteiger partial charge on any atom is 0.266 e. The fraction of sp³-hybridized carbons (Fsp3) is 0.364. The van der Waals surface area contributed by atoms with Crippen LogP contribution in [-0.2, 0) is 14.9 Å². The summed E-state index contributed by atoms with van der Waals surface area (Å²) in [6, 6.07) is 5.08. The smallest absolute Gasteiger partial charge is 0.266 e. The van der Waals surface area contributed by atoms with Gasteiger partial charge in [0.2, 0.25) is 0 Å². The zero-order chi connectivity index (χ0) is 13.2. The third-order valence-electron chi connectivity index (χ3n) is 2.60. The molecule has 0 N–H and O–H groups in total. The highest BCUT2D eigenvalue weighted by Gasteiger charge is 2.30. The van der Waals surface area contributed by atoms with Gasteiger partial charge < -0.3 is 0 Å². The molecule has 0 radical (unpaired) electrons. The van der Waals surface area contributed by atoms with Crippen molar-refractivity contribution >= 4 is 10.0 Å². The Kier molecular flexibility index (Phi) is 3.61. The summed E-state index contributed by atoms with van der Waals surface area (Å²) in [5.74, 6) is -0.851. The molecule has 1 aromatic carbocycles. The van der Waals surface area contributed by atoms with Crippen molar-refractivity contribution in [3.63, 3.8) is 0 Å². The molecule has 18 heavy (non-hydrogen) atoms. The monoisotopic (exact) mass is 270 g/mol. The second-order valence-electron chi connectivity index (χ2n) is 3.80. The van der Waals surface area contributed by atoms with Gasteiger partial charge in [-0.05, 0) is 25.0 Å². The molecule has 2 rings (SSSR count). The summed E-state index contributed by atoms with van der Waals surface area (Å²) in [6.45, 7) is 0.514. The van der Waals surface area contributed by atoms with Gasteiger partial charge in [0.1, 0.15) is 22.3 Å². The molecule has 0 amide bonds. The van der Waals surface area contributed by atoms with E-state index < -0.39 is 21.4 Å². The van der Waals surface area contributed by atoms with E-state index in [9.17, 15) is 12.8 Å². The van der Waals surface area contributed by atoms with E-state index in [0.717, 1.165) is 17.0 Å². The molecule has 0 unspecified atom stereocenters. The number of rotatable bonds is 2. The van der Waals surface area contributed by atoms with Crippen molar-refractivity contribution in [3.8, 4) is 6.07 Å². The van der Waals surface area contributed by atoms with Crippen LogP contribution >= 0.6 is 0 Å². The van der Waals surface area contributed by atoms with E-state index in [0.29, 0.717) is 13.0 Å². The van der Waals surface area contributed by atoms with Crippen LogP contribution in [-0.4, -0.2) is 26.0 Å². The highest BCUT2D eigenvalue weighted by Crippen LogP contribution is 2.24. The fourth-order valence-corrected chi connectivity index (χ4v) is 3.15. The number of nitrogens with zero attached hydrogens (tertiary/aromatic N) is 2. The van der Waals surface area contributed by atoms with Crippen molar-refractivity contribution < 1.29 is 17.6 Å². The molecule has 0 aliphatic carbocycles. The summed E-state index contributed by atoms with van der Waals surface area (Å²) in [7, 11) is -3.98. The first-order chi connectivity index (χ1) is 8.57. The van der Waals surface area contributed by atoms with Gasteiger partial charge >= 0.3 is 0 Å². The van der Waals surface area contributed by atoms with E-state index in [2.05, 4.69) is 0 Å². The Balaban J connectivity index is 2.48. The number of halogens is 1. The highest BCUT2D eigenvalue weighted by molar-refractivity contribution is 7.89. The van der Waals surface area contributed by atoms with Gasteiger partial charge in [-0.3, -0.25) is 4.84 Å². The molecular weight excluding hydrogens is 259 g/mol. The van der Waals surface area contributed by atoms with Crippen molar-refractivity contribution in [2.45, 2.75) is 17.7 Å². The standard InChI is InChI=1S/C11H11FN2O3S/c12-10-4-3-5-11(9(10)8-13)18(15,16)14-6-1-2-7-17-14/h3-5H,1-2,6-7H2. The first-order valence-electron chi connectivity index (χ1n) is 5.41. The Morgan fingerprint density at radius 3 is 2.78 bits per heavy atom. The van der Waals surface area contributed by atoms with Gasteiger partial charge in [0.25, 0.3) is 10.0 Å². The van der Waals surface area contributed by atoms with E-state index in [1.165, 1.54) is 12.1 Å². The summed E-state index contributed by atoms with van der Waals surface area (Å²) >= 11 is 0. The molecule has 1 saturated heterocycles. The van der Waals surface area contributed by atoms with Gasteiger partial charge in [0, 0.05) is 6.54 Å². The summed E-state index contributed by atoms with van der Waals surface area (Å²) in [5, 5.41) is 8.85. The predicted octanol–water partition coefficient (Wildman–Crippen LogP) is 1.41. The number of hydrogen-bond donors (Lipinski definition) is 0. The van der Waals surface area contributed by atoms with E-state index in [4.69, 9.17) is 10.1 Å². The van der Waals surface area contributed by atoms with Crippen molar-refractivity contribution in [3.05, 3.63) is 29.6 Å². The summed E-state index contributed by atoms with van der Waals surface area (Å²) in [6.07, 6.45) is 1.46. The molecule has 1 heterocycles. The molecule has 5 nitrogen and oxygen atoms in total. The van der Waals surface area contributed by atoms with Crippen LogP contribution in [0.2, 0.25) is 0 Å². The molecule has 0 aromatic heterocycles. The van der Waals surface area contributed by atoms with Crippen LogP contribution in [0.5, 0.6) is 0 Å². The van der Waals surface area contributed by atoms with Crippen LogP contribution in [0.3, 0.4) is 0 Å². The molecule has 0 atom stereocenters. The number of sulfonamides is 1. The molecule has 1 aliphatic rings. The number of benzene rings is 1. The molecule has 0 spiro atoms. The Morgan fingerprint density at radius 1 is 1.39 bits per heavy atom. The van der Waals surface area contributed by atoms with Gasteiger partial charge in [0.05, 0.1) is 6.61 Å². The zero-order valence-electron chi connectivity index (χ0n) is 9.47. The maximum atomic E-state index is 13.4. The molecule has 0 bridgehead atoms. The van der Waals surface area contributed by atoms with Crippen molar-refractivity contribution in [2.24, 2.45) is 0 Å². The average Bonchev–Trinajstić information content (AvgIpc) is 2.39. The maximum absolute atomic E-state index is 13.4. The lowest BCUT2D eigenvalue weighted by Crippen LogP contribution is -2.36. The first kappa shape index (κ1) is 13.0. The lowest BCUT2D eigenvalue weighted by molar-refractivity contribution is -0.108. The summed E-state index contributed by atoms with van der Waals surface area (Å²) < 4.78 is 38.6. The minimum atomic E-state index is -3.98. The fourth-order valence-electron chi connectivity index (χ4n) is 1.70. The van der Waals surface area contributed by atoms with Crippen LogP contribution < -0.4 is 0 Å². The largest absolute Gasteiger partial charge is 0.284 e. The lowest BCUT2D eigenvalue weighted by Gasteiger charge is -2.25. The highest BCUT2D eigenvalue weighted by atomic mass is 32.2. The Bertz CT molecular complexity index is 589. The molecule has 1 aliphatic heterocycles. The second kappa shape index (κ2) is 5.02. The van der Waals surface area contributed by atoms with Crippen molar-refractivity contribution in [1.82, 2.24) is 4.47 Å².